The Morgan fingerprint density at radius 2 is 1.85 bits per heavy atom. The van der Waals surface area contributed by atoms with E-state index in [4.69, 9.17) is 4.42 Å². The summed E-state index contributed by atoms with van der Waals surface area (Å²) in [6, 6.07) is 10.6. The molecule has 1 aromatic carbocycles. The second kappa shape index (κ2) is 3.23. The van der Waals surface area contributed by atoms with Gasteiger partial charge in [-0.05, 0) is 12.1 Å². The van der Waals surface area contributed by atoms with E-state index < -0.39 is 0 Å². The molecule has 0 amide bonds. The van der Waals surface area contributed by atoms with Crippen molar-refractivity contribution in [2.45, 2.75) is 0 Å². The fourth-order valence-corrected chi connectivity index (χ4v) is 1.04. The smallest absolute Gasteiger partial charge is 0.339 e. The minimum Gasteiger partial charge on any atom is -0.404 e. The summed E-state index contributed by atoms with van der Waals surface area (Å²) in [6.45, 7) is 0. The Morgan fingerprint density at radius 1 is 1.08 bits per heavy atom. The first-order valence-corrected chi connectivity index (χ1v) is 3.88. The summed E-state index contributed by atoms with van der Waals surface area (Å²) in [4.78, 5) is 14.8. The van der Waals surface area contributed by atoms with Gasteiger partial charge in [-0.3, -0.25) is 0 Å². The number of rotatable bonds is 1. The third-order valence-electron chi connectivity index (χ3n) is 1.62. The highest BCUT2D eigenvalue weighted by atomic mass is 16.4. The maximum Gasteiger partial charge on any atom is 0.339 e. The zero-order valence-electron chi connectivity index (χ0n) is 6.81. The topological polar surface area (TPSA) is 43.1 Å². The fourth-order valence-electron chi connectivity index (χ4n) is 1.04. The molecular weight excluding hydrogens is 166 g/mol. The van der Waals surface area contributed by atoms with Crippen LogP contribution in [0.1, 0.15) is 0 Å². The maximum absolute atomic E-state index is 10.9. The van der Waals surface area contributed by atoms with E-state index >= 15 is 0 Å². The van der Waals surface area contributed by atoms with Crippen LogP contribution < -0.4 is 5.63 Å². The predicted octanol–water partition coefficient (Wildman–Crippen LogP) is 1.70. The highest BCUT2D eigenvalue weighted by molar-refractivity contribution is 5.51. The second-order valence-corrected chi connectivity index (χ2v) is 2.54. The standard InChI is InChI=1S/C10H7NO2/c12-9-6-7-11-10(13-9)8-4-2-1-3-5-8/h1-7H. The molecule has 0 aliphatic rings. The Labute approximate surface area is 74.7 Å². The maximum atomic E-state index is 10.9. The lowest BCUT2D eigenvalue weighted by Crippen LogP contribution is -1.97. The Kier molecular flexibility index (Phi) is 1.92. The van der Waals surface area contributed by atoms with Crippen LogP contribution in [0.5, 0.6) is 0 Å². The van der Waals surface area contributed by atoms with Gasteiger partial charge in [-0.2, -0.15) is 0 Å². The van der Waals surface area contributed by atoms with E-state index in [1.807, 2.05) is 30.3 Å². The molecule has 0 aliphatic carbocycles. The number of hydrogen-bond acceptors (Lipinski definition) is 3. The summed E-state index contributed by atoms with van der Waals surface area (Å²) < 4.78 is 4.90. The summed E-state index contributed by atoms with van der Waals surface area (Å²) >= 11 is 0. The summed E-state index contributed by atoms with van der Waals surface area (Å²) in [6.07, 6.45) is 1.44. The van der Waals surface area contributed by atoms with E-state index in [1.54, 1.807) is 0 Å². The summed E-state index contributed by atoms with van der Waals surface area (Å²) in [7, 11) is 0. The molecule has 0 aliphatic heterocycles. The molecule has 1 aromatic heterocycles. The van der Waals surface area contributed by atoms with Crippen molar-refractivity contribution in [2.75, 3.05) is 0 Å². The van der Waals surface area contributed by atoms with Crippen molar-refractivity contribution in [3.8, 4) is 11.5 Å². The van der Waals surface area contributed by atoms with Crippen LogP contribution in [0.4, 0.5) is 0 Å². The summed E-state index contributed by atoms with van der Waals surface area (Å²) in [5, 5.41) is 0. The molecule has 0 radical (unpaired) electrons. The van der Waals surface area contributed by atoms with Gasteiger partial charge in [-0.25, -0.2) is 9.78 Å². The molecule has 0 atom stereocenters. The third kappa shape index (κ3) is 1.64. The number of hydrogen-bond donors (Lipinski definition) is 0. The van der Waals surface area contributed by atoms with Crippen molar-refractivity contribution in [2.24, 2.45) is 0 Å². The first-order chi connectivity index (χ1) is 6.36. The van der Waals surface area contributed by atoms with Crippen molar-refractivity contribution < 1.29 is 4.42 Å². The lowest BCUT2D eigenvalue weighted by Gasteiger charge is -1.95. The zero-order chi connectivity index (χ0) is 9.10. The van der Waals surface area contributed by atoms with Crippen molar-refractivity contribution >= 4 is 0 Å². The molecule has 0 saturated carbocycles. The third-order valence-corrected chi connectivity index (χ3v) is 1.62. The van der Waals surface area contributed by atoms with Gasteiger partial charge in [0.25, 0.3) is 0 Å². The van der Waals surface area contributed by atoms with Crippen LogP contribution in [-0.2, 0) is 0 Å². The average Bonchev–Trinajstić information content (AvgIpc) is 2.19. The SMILES string of the molecule is O=c1ccnc(-c2ccccc2)o1. The van der Waals surface area contributed by atoms with E-state index in [0.717, 1.165) is 5.56 Å². The van der Waals surface area contributed by atoms with Crippen LogP contribution >= 0.6 is 0 Å². The van der Waals surface area contributed by atoms with Crippen LogP contribution in [0, 0.1) is 0 Å². The number of benzene rings is 1. The van der Waals surface area contributed by atoms with E-state index in [9.17, 15) is 4.79 Å². The zero-order valence-corrected chi connectivity index (χ0v) is 6.81. The molecule has 0 bridgehead atoms. The summed E-state index contributed by atoms with van der Waals surface area (Å²) in [5.74, 6) is 0.355. The highest BCUT2D eigenvalue weighted by Gasteiger charge is 1.99. The normalized spacial score (nSPS) is 9.85. The number of aromatic nitrogens is 1. The molecule has 2 aromatic rings. The monoisotopic (exact) mass is 173 g/mol. The van der Waals surface area contributed by atoms with Crippen molar-refractivity contribution in [3.63, 3.8) is 0 Å². The van der Waals surface area contributed by atoms with Gasteiger partial charge < -0.3 is 4.42 Å². The largest absolute Gasteiger partial charge is 0.404 e. The Morgan fingerprint density at radius 3 is 2.54 bits per heavy atom. The van der Waals surface area contributed by atoms with Gasteiger partial charge in [0.2, 0.25) is 5.89 Å². The van der Waals surface area contributed by atoms with Crippen LogP contribution in [-0.4, -0.2) is 4.98 Å². The molecule has 3 nitrogen and oxygen atoms in total. The Hall–Kier alpha value is -1.90. The second-order valence-electron chi connectivity index (χ2n) is 2.54. The molecule has 0 fully saturated rings. The minimum absolute atomic E-state index is 0.355. The van der Waals surface area contributed by atoms with Crippen LogP contribution in [0.2, 0.25) is 0 Å². The van der Waals surface area contributed by atoms with Crippen LogP contribution in [0.15, 0.2) is 51.8 Å². The lowest BCUT2D eigenvalue weighted by atomic mass is 10.2. The molecule has 0 unspecified atom stereocenters. The number of nitrogens with zero attached hydrogens (tertiary/aromatic N) is 1. The van der Waals surface area contributed by atoms with Crippen molar-refractivity contribution in [3.05, 3.63) is 53.0 Å². The molecule has 0 N–H and O–H groups in total. The average molecular weight is 173 g/mol. The predicted molar refractivity (Wildman–Crippen MR) is 48.2 cm³/mol. The van der Waals surface area contributed by atoms with Gasteiger partial charge in [0, 0.05) is 17.8 Å². The molecule has 3 heteroatoms. The molecular formula is C10H7NO2. The van der Waals surface area contributed by atoms with E-state index in [1.165, 1.54) is 12.3 Å². The van der Waals surface area contributed by atoms with Crippen molar-refractivity contribution in [1.82, 2.24) is 4.98 Å². The van der Waals surface area contributed by atoms with Gasteiger partial charge >= 0.3 is 5.63 Å². The molecule has 64 valence electrons. The fraction of sp³-hybridized carbons (Fsp3) is 0. The quantitative estimate of drug-likeness (QED) is 0.659. The van der Waals surface area contributed by atoms with Gasteiger partial charge in [-0.1, -0.05) is 18.2 Å². The lowest BCUT2D eigenvalue weighted by molar-refractivity contribution is 0.507. The first kappa shape index (κ1) is 7.73. The Bertz CT molecular complexity index is 448. The molecule has 0 saturated heterocycles. The molecule has 13 heavy (non-hydrogen) atoms. The highest BCUT2D eigenvalue weighted by Crippen LogP contribution is 2.12. The summed E-state index contributed by atoms with van der Waals surface area (Å²) in [5.41, 5.74) is 0.425. The van der Waals surface area contributed by atoms with Crippen molar-refractivity contribution in [1.29, 1.82) is 0 Å². The first-order valence-electron chi connectivity index (χ1n) is 3.88. The molecule has 0 spiro atoms. The Balaban J connectivity index is 2.54. The van der Waals surface area contributed by atoms with Gasteiger partial charge in [-0.15, -0.1) is 0 Å². The van der Waals surface area contributed by atoms with Crippen LogP contribution in [0.3, 0.4) is 0 Å². The van der Waals surface area contributed by atoms with Gasteiger partial charge in [0.1, 0.15) is 0 Å². The molecule has 2 rings (SSSR count). The van der Waals surface area contributed by atoms with E-state index in [2.05, 4.69) is 4.98 Å². The van der Waals surface area contributed by atoms with Crippen LogP contribution in [0.25, 0.3) is 11.5 Å². The van der Waals surface area contributed by atoms with Gasteiger partial charge in [0.15, 0.2) is 0 Å². The van der Waals surface area contributed by atoms with Gasteiger partial charge in [0.05, 0.1) is 0 Å². The van der Waals surface area contributed by atoms with E-state index in [0.29, 0.717) is 5.89 Å². The van der Waals surface area contributed by atoms with E-state index in [-0.39, 0.29) is 5.63 Å². The minimum atomic E-state index is -0.381. The molecule has 1 heterocycles.